The summed E-state index contributed by atoms with van der Waals surface area (Å²) < 4.78 is 15.3. The maximum absolute atomic E-state index is 11.4. The van der Waals surface area contributed by atoms with Crippen LogP contribution in [0, 0.1) is 15.3 Å². The maximum Gasteiger partial charge on any atom is 0.328 e. The van der Waals surface area contributed by atoms with Gasteiger partial charge in [-0.3, -0.25) is 14.7 Å². The Morgan fingerprint density at radius 3 is 2.79 bits per heavy atom. The molecule has 9 nitrogen and oxygen atoms in total. The predicted octanol–water partition coefficient (Wildman–Crippen LogP) is 0.921. The summed E-state index contributed by atoms with van der Waals surface area (Å²) in [4.78, 5) is 10.3. The number of nitrogens with zero attached hydrogens (tertiary/aromatic N) is 3. The lowest BCUT2D eigenvalue weighted by Gasteiger charge is -2.14. The molecule has 1 aliphatic heterocycles. The Morgan fingerprint density at radius 2 is 2.05 bits per heavy atom. The highest BCUT2D eigenvalue weighted by Gasteiger charge is 2.31. The van der Waals surface area contributed by atoms with Crippen molar-refractivity contribution in [2.24, 2.45) is 0 Å². The predicted molar refractivity (Wildman–Crippen MR) is 59.8 cm³/mol. The van der Waals surface area contributed by atoms with Gasteiger partial charge in [0.05, 0.1) is 29.4 Å². The minimum Gasteiger partial charge on any atom is -0.489 e. The molecule has 3 rings (SSSR count). The topological polar surface area (TPSA) is 115 Å². The average Bonchev–Trinajstić information content (AvgIpc) is 2.71. The average molecular weight is 267 g/mol. The lowest BCUT2D eigenvalue weighted by Crippen LogP contribution is -2.23. The molecule has 0 saturated heterocycles. The number of fused-ring (bicyclic) bond motifs is 3. The standard InChI is InChI=1S/C10H9N3O6/c14-12(15)6-5-7-10(18-4-2-1-3-17-7)8-9(6)13(16)19-11-8/h5H,1-4H2. The van der Waals surface area contributed by atoms with E-state index in [1.807, 2.05) is 0 Å². The van der Waals surface area contributed by atoms with Crippen LogP contribution in [0.15, 0.2) is 10.7 Å². The van der Waals surface area contributed by atoms with Crippen molar-refractivity contribution in [2.75, 3.05) is 13.2 Å². The van der Waals surface area contributed by atoms with Gasteiger partial charge < -0.3 is 14.7 Å². The molecule has 2 aromatic rings. The molecule has 0 unspecified atom stereocenters. The zero-order valence-corrected chi connectivity index (χ0v) is 9.70. The van der Waals surface area contributed by atoms with Crippen LogP contribution in [0.3, 0.4) is 0 Å². The summed E-state index contributed by atoms with van der Waals surface area (Å²) in [6.07, 6.45) is 1.57. The molecule has 0 amide bonds. The van der Waals surface area contributed by atoms with Gasteiger partial charge in [-0.05, 0) is 17.7 Å². The van der Waals surface area contributed by atoms with Crippen LogP contribution in [0.5, 0.6) is 11.5 Å². The fourth-order valence-corrected chi connectivity index (χ4v) is 1.93. The number of ether oxygens (including phenoxy) is 2. The number of non-ortho nitro benzene ring substituents is 1. The molecule has 0 aliphatic carbocycles. The second kappa shape index (κ2) is 4.26. The molecule has 1 aliphatic rings. The molecular formula is C10H9N3O6. The summed E-state index contributed by atoms with van der Waals surface area (Å²) in [5.74, 6) is 0.409. The van der Waals surface area contributed by atoms with Gasteiger partial charge in [-0.15, -0.1) is 0 Å². The number of nitro benzene ring substituents is 1. The second-order valence-corrected chi connectivity index (χ2v) is 4.01. The number of benzene rings is 1. The van der Waals surface area contributed by atoms with E-state index in [1.165, 1.54) is 0 Å². The van der Waals surface area contributed by atoms with Gasteiger partial charge in [-0.25, -0.2) is 0 Å². The molecule has 1 aromatic carbocycles. The van der Waals surface area contributed by atoms with Crippen molar-refractivity contribution in [3.8, 4) is 11.5 Å². The normalized spacial score (nSPS) is 14.9. The van der Waals surface area contributed by atoms with E-state index in [-0.39, 0.29) is 27.4 Å². The van der Waals surface area contributed by atoms with E-state index in [2.05, 4.69) is 9.79 Å². The first-order valence-corrected chi connectivity index (χ1v) is 5.65. The summed E-state index contributed by atoms with van der Waals surface area (Å²) in [5, 5.41) is 25.9. The minimum atomic E-state index is -0.684. The molecule has 0 N–H and O–H groups in total. The molecule has 0 fully saturated rings. The third-order valence-corrected chi connectivity index (χ3v) is 2.80. The fourth-order valence-electron chi connectivity index (χ4n) is 1.93. The minimum absolute atomic E-state index is 0.00102. The van der Waals surface area contributed by atoms with E-state index in [1.54, 1.807) is 0 Å². The number of nitro groups is 1. The van der Waals surface area contributed by atoms with Crippen molar-refractivity contribution in [1.82, 2.24) is 5.16 Å². The molecule has 0 atom stereocenters. The van der Waals surface area contributed by atoms with Crippen LogP contribution in [0.1, 0.15) is 12.8 Å². The Hall–Kier alpha value is -2.58. The zero-order valence-electron chi connectivity index (χ0n) is 9.70. The Labute approximate surface area is 106 Å². The Balaban J connectivity index is 2.29. The quantitative estimate of drug-likeness (QED) is 0.428. The number of rotatable bonds is 1. The van der Waals surface area contributed by atoms with Crippen LogP contribution >= 0.6 is 0 Å². The monoisotopic (exact) mass is 267 g/mol. The van der Waals surface area contributed by atoms with Gasteiger partial charge >= 0.3 is 16.7 Å². The van der Waals surface area contributed by atoms with E-state index < -0.39 is 10.6 Å². The first-order valence-electron chi connectivity index (χ1n) is 5.65. The lowest BCUT2D eigenvalue weighted by atomic mass is 10.2. The van der Waals surface area contributed by atoms with Gasteiger partial charge in [0.15, 0.2) is 5.75 Å². The third-order valence-electron chi connectivity index (χ3n) is 2.80. The molecule has 0 bridgehead atoms. The molecule has 9 heteroatoms. The summed E-state index contributed by atoms with van der Waals surface area (Å²) in [7, 11) is 0. The van der Waals surface area contributed by atoms with E-state index in [9.17, 15) is 15.3 Å². The molecule has 19 heavy (non-hydrogen) atoms. The van der Waals surface area contributed by atoms with E-state index in [0.29, 0.717) is 13.2 Å². The Kier molecular flexibility index (Phi) is 2.58. The van der Waals surface area contributed by atoms with Crippen LogP contribution in [0.25, 0.3) is 11.0 Å². The Morgan fingerprint density at radius 1 is 1.32 bits per heavy atom. The van der Waals surface area contributed by atoms with E-state index in [4.69, 9.17) is 9.47 Å². The van der Waals surface area contributed by atoms with Crippen molar-refractivity contribution in [1.29, 1.82) is 0 Å². The van der Waals surface area contributed by atoms with Gasteiger partial charge in [0.1, 0.15) is 0 Å². The van der Waals surface area contributed by atoms with Crippen LogP contribution in [0.4, 0.5) is 5.69 Å². The van der Waals surface area contributed by atoms with Crippen molar-refractivity contribution in [3.05, 3.63) is 21.4 Å². The smallest absolute Gasteiger partial charge is 0.328 e. The number of aromatic nitrogens is 2. The zero-order chi connectivity index (χ0) is 13.4. The molecular weight excluding hydrogens is 258 g/mol. The van der Waals surface area contributed by atoms with Crippen LogP contribution in [-0.2, 0) is 0 Å². The molecule has 0 spiro atoms. The first-order chi connectivity index (χ1) is 9.18. The molecule has 1 aromatic heterocycles. The van der Waals surface area contributed by atoms with Gasteiger partial charge in [-0.1, -0.05) is 0 Å². The molecule has 100 valence electrons. The number of hydrogen-bond donors (Lipinski definition) is 0. The third kappa shape index (κ3) is 1.79. The van der Waals surface area contributed by atoms with Gasteiger partial charge in [-0.2, -0.15) is 0 Å². The highest BCUT2D eigenvalue weighted by molar-refractivity contribution is 5.89. The van der Waals surface area contributed by atoms with Crippen molar-refractivity contribution >= 4 is 16.7 Å². The second-order valence-electron chi connectivity index (χ2n) is 4.01. The summed E-state index contributed by atoms with van der Waals surface area (Å²) in [5.41, 5.74) is -0.691. The van der Waals surface area contributed by atoms with Gasteiger partial charge in [0.2, 0.25) is 5.75 Å². The number of hydrogen-bond acceptors (Lipinski definition) is 7. The van der Waals surface area contributed by atoms with Crippen LogP contribution in [-0.4, -0.2) is 23.3 Å². The Bertz CT molecular complexity index is 652. The van der Waals surface area contributed by atoms with Crippen molar-refractivity contribution in [2.45, 2.75) is 12.8 Å². The maximum atomic E-state index is 11.4. The largest absolute Gasteiger partial charge is 0.489 e. The van der Waals surface area contributed by atoms with E-state index in [0.717, 1.165) is 18.9 Å². The van der Waals surface area contributed by atoms with Crippen LogP contribution in [0.2, 0.25) is 0 Å². The molecule has 2 heterocycles. The van der Waals surface area contributed by atoms with Crippen LogP contribution < -0.4 is 14.4 Å². The SMILES string of the molecule is O=[N+]([O-])c1cc2c(c3no[n+]([O-])c13)OCCCCO2. The lowest BCUT2D eigenvalue weighted by molar-refractivity contribution is -0.783. The van der Waals surface area contributed by atoms with Gasteiger partial charge in [0.25, 0.3) is 0 Å². The van der Waals surface area contributed by atoms with Gasteiger partial charge in [0, 0.05) is 0 Å². The molecule has 0 saturated carbocycles. The summed E-state index contributed by atoms with van der Waals surface area (Å²) in [6, 6.07) is 1.16. The summed E-state index contributed by atoms with van der Waals surface area (Å²) >= 11 is 0. The highest BCUT2D eigenvalue weighted by Crippen LogP contribution is 2.39. The molecule has 0 radical (unpaired) electrons. The first kappa shape index (κ1) is 11.5. The fraction of sp³-hybridized carbons (Fsp3) is 0.400. The van der Waals surface area contributed by atoms with Crippen molar-refractivity contribution < 1.29 is 23.9 Å². The van der Waals surface area contributed by atoms with E-state index >= 15 is 0 Å². The summed E-state index contributed by atoms with van der Waals surface area (Å²) in [6.45, 7) is 0.850. The highest BCUT2D eigenvalue weighted by atomic mass is 16.8. The van der Waals surface area contributed by atoms with Crippen molar-refractivity contribution in [3.63, 3.8) is 0 Å².